The number of carbonyl (C=O) groups is 1. The largest absolute Gasteiger partial charge is 1.00 e. The first-order chi connectivity index (χ1) is 7.27. The monoisotopic (exact) mass is 293 g/mol. The molecule has 0 aliphatic heterocycles. The van der Waals surface area contributed by atoms with E-state index in [0.29, 0.717) is 6.42 Å². The number of rotatable bonds is 11. The lowest BCUT2D eigenvalue weighted by Crippen LogP contribution is -3.00. The van der Waals surface area contributed by atoms with Gasteiger partial charge in [0.05, 0.1) is 0 Å². The molecular weight excluding hydrogens is 268 g/mol. The molecule has 0 spiro atoms. The van der Waals surface area contributed by atoms with Crippen molar-refractivity contribution in [3.8, 4) is 0 Å². The summed E-state index contributed by atoms with van der Waals surface area (Å²) in [5.74, 6) is -0.658. The van der Waals surface area contributed by atoms with Crippen molar-refractivity contribution in [3.05, 3.63) is 0 Å². The van der Waals surface area contributed by atoms with Crippen molar-refractivity contribution in [1.29, 1.82) is 0 Å². The Morgan fingerprint density at radius 1 is 0.812 bits per heavy atom. The van der Waals surface area contributed by atoms with Crippen LogP contribution in [0.2, 0.25) is 0 Å². The van der Waals surface area contributed by atoms with E-state index in [1.165, 1.54) is 51.4 Å². The van der Waals surface area contributed by atoms with Crippen LogP contribution in [0.1, 0.15) is 77.6 Å². The van der Waals surface area contributed by atoms with Crippen LogP contribution < -0.4 is 17.0 Å². The van der Waals surface area contributed by atoms with E-state index in [0.717, 1.165) is 12.8 Å². The molecule has 0 aromatic rings. The van der Waals surface area contributed by atoms with Crippen LogP contribution in [-0.2, 0) is 4.79 Å². The second-order valence-corrected chi connectivity index (χ2v) is 4.33. The van der Waals surface area contributed by atoms with E-state index in [-0.39, 0.29) is 17.0 Å². The summed E-state index contributed by atoms with van der Waals surface area (Å²) in [7, 11) is 0. The van der Waals surface area contributed by atoms with Crippen molar-refractivity contribution in [2.75, 3.05) is 0 Å². The zero-order valence-corrected chi connectivity index (χ0v) is 12.1. The number of carboxylic acid groups (broad SMARTS) is 1. The summed E-state index contributed by atoms with van der Waals surface area (Å²) in [5.41, 5.74) is 0. The summed E-state index contributed by atoms with van der Waals surface area (Å²) < 4.78 is 0. The van der Waals surface area contributed by atoms with Crippen molar-refractivity contribution >= 4 is 5.97 Å². The molecule has 0 amide bonds. The molecule has 0 aromatic carbocycles. The van der Waals surface area contributed by atoms with Crippen LogP contribution in [0.4, 0.5) is 0 Å². The maximum atomic E-state index is 10.2. The van der Waals surface area contributed by atoms with Gasteiger partial charge in [0.15, 0.2) is 0 Å². The molecule has 0 saturated carbocycles. The minimum atomic E-state index is -0.658. The van der Waals surface area contributed by atoms with Crippen molar-refractivity contribution < 1.29 is 26.9 Å². The predicted molar refractivity (Wildman–Crippen MR) is 64.1 cm³/mol. The fourth-order valence-electron chi connectivity index (χ4n) is 1.76. The highest BCUT2D eigenvalue weighted by Crippen LogP contribution is 2.10. The van der Waals surface area contributed by atoms with Crippen LogP contribution in [-0.4, -0.2) is 11.1 Å². The molecule has 0 bridgehead atoms. The Morgan fingerprint density at radius 2 is 1.19 bits per heavy atom. The maximum absolute atomic E-state index is 10.2. The van der Waals surface area contributed by atoms with Gasteiger partial charge in [-0.05, 0) is 6.42 Å². The zero-order valence-electron chi connectivity index (χ0n) is 10.5. The average molecular weight is 294 g/mol. The number of aliphatic carboxylic acids is 1. The molecule has 0 rings (SSSR count). The van der Waals surface area contributed by atoms with E-state index in [4.69, 9.17) is 5.11 Å². The van der Waals surface area contributed by atoms with Crippen LogP contribution in [0.5, 0.6) is 0 Å². The van der Waals surface area contributed by atoms with Gasteiger partial charge in [0.2, 0.25) is 0 Å². The average Bonchev–Trinajstić information content (AvgIpc) is 2.20. The van der Waals surface area contributed by atoms with E-state index in [9.17, 15) is 4.79 Å². The lowest BCUT2D eigenvalue weighted by Gasteiger charge is -2.01. The molecule has 0 atom stereocenters. The van der Waals surface area contributed by atoms with Crippen molar-refractivity contribution in [3.63, 3.8) is 0 Å². The highest BCUT2D eigenvalue weighted by molar-refractivity contribution is 5.66. The van der Waals surface area contributed by atoms with Gasteiger partial charge < -0.3 is 22.1 Å². The summed E-state index contributed by atoms with van der Waals surface area (Å²) in [4.78, 5) is 10.2. The third-order valence-corrected chi connectivity index (χ3v) is 2.74. The van der Waals surface area contributed by atoms with Gasteiger partial charge in [0.25, 0.3) is 0 Å². The molecule has 0 unspecified atom stereocenters. The first-order valence-corrected chi connectivity index (χ1v) is 6.49. The Hall–Kier alpha value is -0.0500. The molecule has 3 heteroatoms. The van der Waals surface area contributed by atoms with Crippen LogP contribution in [0.25, 0.3) is 0 Å². The number of hydrogen-bond donors (Lipinski definition) is 1. The Morgan fingerprint density at radius 3 is 1.56 bits per heavy atom. The normalized spacial score (nSPS) is 9.81. The number of unbranched alkanes of at least 4 members (excludes halogenated alkanes) is 9. The Balaban J connectivity index is 0. The van der Waals surface area contributed by atoms with Gasteiger partial charge in [-0.25, -0.2) is 0 Å². The number of carboxylic acids is 1. The van der Waals surface area contributed by atoms with Crippen molar-refractivity contribution in [2.45, 2.75) is 77.6 Å². The smallest absolute Gasteiger partial charge is 0.303 e. The highest BCUT2D eigenvalue weighted by Gasteiger charge is 1.96. The summed E-state index contributed by atoms with van der Waals surface area (Å²) in [6, 6.07) is 0. The predicted octanol–water partition coefficient (Wildman–Crippen LogP) is 1.39. The molecule has 2 nitrogen and oxygen atoms in total. The number of halogens is 1. The molecule has 0 heterocycles. The third-order valence-electron chi connectivity index (χ3n) is 2.74. The van der Waals surface area contributed by atoms with Crippen molar-refractivity contribution in [2.24, 2.45) is 0 Å². The molecule has 0 aromatic heterocycles. The van der Waals surface area contributed by atoms with Gasteiger partial charge >= 0.3 is 5.97 Å². The quantitative estimate of drug-likeness (QED) is 0.585. The second kappa shape index (κ2) is 14.9. The topological polar surface area (TPSA) is 37.3 Å². The summed E-state index contributed by atoms with van der Waals surface area (Å²) >= 11 is 0. The molecule has 1 N–H and O–H groups in total. The summed E-state index contributed by atoms with van der Waals surface area (Å²) in [6.45, 7) is 2.24. The van der Waals surface area contributed by atoms with Gasteiger partial charge in [-0.15, -0.1) is 0 Å². The maximum Gasteiger partial charge on any atom is 0.303 e. The lowest BCUT2D eigenvalue weighted by atomic mass is 10.1. The molecule has 98 valence electrons. The first-order valence-electron chi connectivity index (χ1n) is 6.49. The Labute approximate surface area is 111 Å². The first kappa shape index (κ1) is 18.3. The molecule has 0 radical (unpaired) electrons. The molecule has 0 aliphatic rings. The fraction of sp³-hybridized carbons (Fsp3) is 0.923. The summed E-state index contributed by atoms with van der Waals surface area (Å²) in [5, 5.41) is 8.44. The van der Waals surface area contributed by atoms with E-state index < -0.39 is 5.97 Å². The van der Waals surface area contributed by atoms with Gasteiger partial charge in [-0.3, -0.25) is 4.79 Å². The number of hydrogen-bond acceptors (Lipinski definition) is 1. The molecular formula is C13H26BrO2-. The van der Waals surface area contributed by atoms with Crippen LogP contribution in [0.3, 0.4) is 0 Å². The Kier molecular flexibility index (Phi) is 17.1. The summed E-state index contributed by atoms with van der Waals surface area (Å²) in [6.07, 6.45) is 12.9. The van der Waals surface area contributed by atoms with Gasteiger partial charge in [0, 0.05) is 6.42 Å². The van der Waals surface area contributed by atoms with Gasteiger partial charge in [0.1, 0.15) is 0 Å². The molecule has 0 fully saturated rings. The molecule has 0 aliphatic carbocycles. The van der Waals surface area contributed by atoms with Crippen LogP contribution >= 0.6 is 0 Å². The zero-order chi connectivity index (χ0) is 11.4. The van der Waals surface area contributed by atoms with E-state index in [1.807, 2.05) is 0 Å². The van der Waals surface area contributed by atoms with E-state index in [1.54, 1.807) is 0 Å². The highest BCUT2D eigenvalue weighted by atomic mass is 79.9. The lowest BCUT2D eigenvalue weighted by molar-refractivity contribution is -0.137. The standard InChI is InChI=1S/C13H26O2.BrH/c1-2-3-4-5-6-7-8-9-10-11-12-13(14)15;/h2-12H2,1H3,(H,14,15);1H/p-1. The fourth-order valence-corrected chi connectivity index (χ4v) is 1.76. The Bertz CT molecular complexity index is 149. The SMILES string of the molecule is CCCCCCCCCCCCC(=O)O.[Br-]. The van der Waals surface area contributed by atoms with Crippen LogP contribution in [0, 0.1) is 0 Å². The third kappa shape index (κ3) is 16.4. The van der Waals surface area contributed by atoms with E-state index >= 15 is 0 Å². The molecule has 0 saturated heterocycles. The van der Waals surface area contributed by atoms with E-state index in [2.05, 4.69) is 6.92 Å². The minimum Gasteiger partial charge on any atom is -1.00 e. The van der Waals surface area contributed by atoms with Gasteiger partial charge in [-0.1, -0.05) is 64.7 Å². The van der Waals surface area contributed by atoms with Crippen LogP contribution in [0.15, 0.2) is 0 Å². The second-order valence-electron chi connectivity index (χ2n) is 4.33. The van der Waals surface area contributed by atoms with Crippen molar-refractivity contribution in [1.82, 2.24) is 0 Å². The van der Waals surface area contributed by atoms with Gasteiger partial charge in [-0.2, -0.15) is 0 Å². The minimum absolute atomic E-state index is 0. The molecule has 16 heavy (non-hydrogen) atoms.